The highest BCUT2D eigenvalue weighted by atomic mass is 16.5. The van der Waals surface area contributed by atoms with Crippen LogP contribution < -0.4 is 19.6 Å². The second kappa shape index (κ2) is 11.0. The first-order valence-corrected chi connectivity index (χ1v) is 9.55. The Bertz CT molecular complexity index is 763. The molecule has 0 heterocycles. The van der Waals surface area contributed by atoms with Crippen molar-refractivity contribution in [1.82, 2.24) is 5.43 Å². The molecule has 2 aromatic carbocycles. The lowest BCUT2D eigenvalue weighted by Gasteiger charge is -2.16. The molecule has 2 aromatic rings. The largest absolute Gasteiger partial charge is 0.490 e. The zero-order valence-electron chi connectivity index (χ0n) is 16.9. The number of benzene rings is 2. The van der Waals surface area contributed by atoms with Gasteiger partial charge in [-0.1, -0.05) is 37.3 Å². The predicted octanol–water partition coefficient (Wildman–Crippen LogP) is 4.40. The molecule has 2 rings (SSSR count). The number of ether oxygens (including phenoxy) is 3. The van der Waals surface area contributed by atoms with E-state index in [1.165, 1.54) is 0 Å². The Morgan fingerprint density at radius 3 is 2.11 bits per heavy atom. The Balaban J connectivity index is 2.18. The number of nitrogens with zero attached hydrogens (tertiary/aromatic N) is 1. The maximum absolute atomic E-state index is 12.6. The second-order valence-electron chi connectivity index (χ2n) is 6.02. The van der Waals surface area contributed by atoms with Gasteiger partial charge in [0.2, 0.25) is 5.75 Å². The van der Waals surface area contributed by atoms with Crippen LogP contribution in [0.4, 0.5) is 0 Å². The summed E-state index contributed by atoms with van der Waals surface area (Å²) in [4.78, 5) is 12.6. The van der Waals surface area contributed by atoms with Gasteiger partial charge >= 0.3 is 0 Å². The zero-order chi connectivity index (χ0) is 20.4. The molecular weight excluding hydrogens is 356 g/mol. The summed E-state index contributed by atoms with van der Waals surface area (Å²) in [6.45, 7) is 9.01. The number of carbonyl (C=O) groups excluding carboxylic acids is 1. The van der Waals surface area contributed by atoms with Crippen LogP contribution in [0.15, 0.2) is 47.6 Å². The number of nitrogens with one attached hydrogen (secondary N) is 1. The molecule has 150 valence electrons. The van der Waals surface area contributed by atoms with Crippen LogP contribution in [0.1, 0.15) is 49.5 Å². The van der Waals surface area contributed by atoms with Gasteiger partial charge in [-0.3, -0.25) is 4.79 Å². The van der Waals surface area contributed by atoms with Gasteiger partial charge in [-0.05, 0) is 38.5 Å². The van der Waals surface area contributed by atoms with Crippen molar-refractivity contribution in [3.8, 4) is 17.2 Å². The van der Waals surface area contributed by atoms with Crippen molar-refractivity contribution < 1.29 is 19.0 Å². The number of hydrogen-bond acceptors (Lipinski definition) is 5. The monoisotopic (exact) mass is 384 g/mol. The van der Waals surface area contributed by atoms with E-state index in [1.807, 2.05) is 58.0 Å². The van der Waals surface area contributed by atoms with Crippen LogP contribution in [0.5, 0.6) is 17.2 Å². The van der Waals surface area contributed by atoms with Crippen LogP contribution in [-0.4, -0.2) is 31.9 Å². The molecule has 6 heteroatoms. The van der Waals surface area contributed by atoms with Crippen LogP contribution in [0, 0.1) is 0 Å². The van der Waals surface area contributed by atoms with Gasteiger partial charge < -0.3 is 14.2 Å². The van der Waals surface area contributed by atoms with Crippen molar-refractivity contribution in [2.75, 3.05) is 19.8 Å². The van der Waals surface area contributed by atoms with Gasteiger partial charge in [0, 0.05) is 17.7 Å². The van der Waals surface area contributed by atoms with Gasteiger partial charge in [-0.25, -0.2) is 5.43 Å². The van der Waals surface area contributed by atoms with E-state index in [0.717, 1.165) is 5.56 Å². The smallest absolute Gasteiger partial charge is 0.271 e. The van der Waals surface area contributed by atoms with E-state index in [1.54, 1.807) is 18.3 Å². The summed E-state index contributed by atoms with van der Waals surface area (Å²) in [5.74, 6) is 1.19. The van der Waals surface area contributed by atoms with Gasteiger partial charge in [-0.15, -0.1) is 0 Å². The number of carbonyl (C=O) groups is 1. The van der Waals surface area contributed by atoms with Crippen LogP contribution >= 0.6 is 0 Å². The molecule has 6 nitrogen and oxygen atoms in total. The van der Waals surface area contributed by atoms with E-state index < -0.39 is 0 Å². The summed E-state index contributed by atoms with van der Waals surface area (Å²) < 4.78 is 16.9. The fraction of sp³-hybridized carbons (Fsp3) is 0.364. The summed E-state index contributed by atoms with van der Waals surface area (Å²) in [6.07, 6.45) is 1.70. The van der Waals surface area contributed by atoms with E-state index in [0.29, 0.717) is 42.6 Å². The Labute approximate surface area is 166 Å². The van der Waals surface area contributed by atoms with Crippen LogP contribution in [0.25, 0.3) is 0 Å². The first-order chi connectivity index (χ1) is 13.6. The SMILES string of the molecule is CCOc1cc(C(=O)N/N=C/C(C)c2ccccc2)cc(OCC)c1OCC. The maximum atomic E-state index is 12.6. The van der Waals surface area contributed by atoms with E-state index >= 15 is 0 Å². The van der Waals surface area contributed by atoms with Crippen LogP contribution in [0.3, 0.4) is 0 Å². The van der Waals surface area contributed by atoms with Gasteiger partial charge in [0.05, 0.1) is 19.8 Å². The van der Waals surface area contributed by atoms with Crippen molar-refractivity contribution in [3.63, 3.8) is 0 Å². The minimum atomic E-state index is -0.346. The highest BCUT2D eigenvalue weighted by molar-refractivity contribution is 5.95. The Morgan fingerprint density at radius 2 is 1.57 bits per heavy atom. The van der Waals surface area contributed by atoms with Gasteiger partial charge in [0.1, 0.15) is 0 Å². The molecule has 1 amide bonds. The van der Waals surface area contributed by atoms with Crippen molar-refractivity contribution in [1.29, 1.82) is 0 Å². The fourth-order valence-electron chi connectivity index (χ4n) is 2.63. The van der Waals surface area contributed by atoms with Gasteiger partial charge in [0.25, 0.3) is 5.91 Å². The molecule has 0 radical (unpaired) electrons. The highest BCUT2D eigenvalue weighted by Crippen LogP contribution is 2.39. The minimum Gasteiger partial charge on any atom is -0.490 e. The van der Waals surface area contributed by atoms with Crippen molar-refractivity contribution in [2.24, 2.45) is 5.10 Å². The second-order valence-corrected chi connectivity index (χ2v) is 6.02. The summed E-state index contributed by atoms with van der Waals surface area (Å²) >= 11 is 0. The molecule has 0 aliphatic rings. The van der Waals surface area contributed by atoms with Crippen LogP contribution in [-0.2, 0) is 0 Å². The molecule has 0 fully saturated rings. The average Bonchev–Trinajstić information content (AvgIpc) is 2.71. The quantitative estimate of drug-likeness (QED) is 0.487. The van der Waals surface area contributed by atoms with Gasteiger partial charge in [0.15, 0.2) is 11.5 Å². The molecule has 0 saturated heterocycles. The number of hydrazone groups is 1. The molecule has 0 saturated carbocycles. The van der Waals surface area contributed by atoms with E-state index in [4.69, 9.17) is 14.2 Å². The van der Waals surface area contributed by atoms with E-state index in [-0.39, 0.29) is 11.8 Å². The Hall–Kier alpha value is -3.02. The first kappa shape index (κ1) is 21.3. The number of hydrogen-bond donors (Lipinski definition) is 1. The predicted molar refractivity (Wildman–Crippen MR) is 111 cm³/mol. The topological polar surface area (TPSA) is 69.2 Å². The summed E-state index contributed by atoms with van der Waals surface area (Å²) in [5, 5.41) is 4.10. The number of rotatable bonds is 10. The zero-order valence-corrected chi connectivity index (χ0v) is 16.9. The summed E-state index contributed by atoms with van der Waals surface area (Å²) in [7, 11) is 0. The fourth-order valence-corrected chi connectivity index (χ4v) is 2.63. The molecular formula is C22H28N2O4. The third-order valence-corrected chi connectivity index (χ3v) is 3.96. The third kappa shape index (κ3) is 5.74. The summed E-state index contributed by atoms with van der Waals surface area (Å²) in [5.41, 5.74) is 4.08. The first-order valence-electron chi connectivity index (χ1n) is 9.55. The molecule has 0 aromatic heterocycles. The molecule has 0 aliphatic heterocycles. The van der Waals surface area contributed by atoms with Crippen molar-refractivity contribution in [3.05, 3.63) is 53.6 Å². The molecule has 0 bridgehead atoms. The molecule has 28 heavy (non-hydrogen) atoms. The normalized spacial score (nSPS) is 11.9. The number of amides is 1. The molecule has 1 N–H and O–H groups in total. The van der Waals surface area contributed by atoms with Crippen molar-refractivity contribution >= 4 is 12.1 Å². The lowest BCUT2D eigenvalue weighted by Crippen LogP contribution is -2.18. The standard InChI is InChI=1S/C22H28N2O4/c1-5-26-19-13-18(14-20(27-6-2)21(19)28-7-3)22(25)24-23-15-16(4)17-11-9-8-10-12-17/h8-16H,5-7H2,1-4H3,(H,24,25)/b23-15+. The molecule has 1 atom stereocenters. The Morgan fingerprint density at radius 1 is 1.00 bits per heavy atom. The molecule has 1 unspecified atom stereocenters. The summed E-state index contributed by atoms with van der Waals surface area (Å²) in [6, 6.07) is 13.2. The lowest BCUT2D eigenvalue weighted by molar-refractivity contribution is 0.0954. The highest BCUT2D eigenvalue weighted by Gasteiger charge is 2.18. The maximum Gasteiger partial charge on any atom is 0.271 e. The van der Waals surface area contributed by atoms with E-state index in [2.05, 4.69) is 10.5 Å². The van der Waals surface area contributed by atoms with Crippen LogP contribution in [0.2, 0.25) is 0 Å². The molecule has 0 spiro atoms. The van der Waals surface area contributed by atoms with Gasteiger partial charge in [-0.2, -0.15) is 5.10 Å². The van der Waals surface area contributed by atoms with Crippen molar-refractivity contribution in [2.45, 2.75) is 33.6 Å². The average molecular weight is 384 g/mol. The Kier molecular flexibility index (Phi) is 8.34. The molecule has 0 aliphatic carbocycles. The third-order valence-electron chi connectivity index (χ3n) is 3.96. The lowest BCUT2D eigenvalue weighted by atomic mass is 10.0. The minimum absolute atomic E-state index is 0.0831. The van der Waals surface area contributed by atoms with E-state index in [9.17, 15) is 4.79 Å².